The van der Waals surface area contributed by atoms with Crippen LogP contribution in [0.5, 0.6) is 5.75 Å². The van der Waals surface area contributed by atoms with E-state index in [1.54, 1.807) is 30.3 Å². The number of rotatable bonds is 7. The monoisotopic (exact) mass is 393 g/mol. The van der Waals surface area contributed by atoms with Gasteiger partial charge in [-0.2, -0.15) is 0 Å². The number of hydrogen-bond donors (Lipinski definition) is 2. The van der Waals surface area contributed by atoms with Gasteiger partial charge in [-0.15, -0.1) is 0 Å². The molecule has 0 spiro atoms. The molecule has 0 saturated heterocycles. The highest BCUT2D eigenvalue weighted by molar-refractivity contribution is 5.94. The number of nitrogens with one attached hydrogen (secondary N) is 2. The topological polar surface area (TPSA) is 93.5 Å². The Morgan fingerprint density at radius 3 is 2.62 bits per heavy atom. The third kappa shape index (κ3) is 5.44. The lowest BCUT2D eigenvalue weighted by Gasteiger charge is -2.10. The maximum Gasteiger partial charge on any atom is 0.251 e. The number of amides is 2. The Morgan fingerprint density at radius 2 is 1.90 bits per heavy atom. The van der Waals surface area contributed by atoms with E-state index >= 15 is 0 Å². The average molecular weight is 393 g/mol. The first-order chi connectivity index (χ1) is 13.9. The first-order valence-electron chi connectivity index (χ1n) is 9.21. The summed E-state index contributed by atoms with van der Waals surface area (Å²) >= 11 is 0. The summed E-state index contributed by atoms with van der Waals surface area (Å²) in [7, 11) is 0. The minimum Gasteiger partial charge on any atom is -0.489 e. The lowest BCUT2D eigenvalue weighted by atomic mass is 10.1. The number of benzene rings is 2. The second kappa shape index (κ2) is 9.05. The molecule has 7 heteroatoms. The Labute approximate surface area is 169 Å². The Balaban J connectivity index is 1.60. The van der Waals surface area contributed by atoms with Gasteiger partial charge in [0.15, 0.2) is 0 Å². The lowest BCUT2D eigenvalue weighted by molar-refractivity contribution is -0.114. The van der Waals surface area contributed by atoms with Crippen LogP contribution in [0.1, 0.15) is 39.9 Å². The van der Waals surface area contributed by atoms with Crippen molar-refractivity contribution in [2.45, 2.75) is 33.9 Å². The molecular weight excluding hydrogens is 370 g/mol. The highest BCUT2D eigenvalue weighted by Crippen LogP contribution is 2.19. The molecule has 0 bridgehead atoms. The van der Waals surface area contributed by atoms with Gasteiger partial charge in [-0.05, 0) is 49.7 Å². The molecular formula is C22H23N3O4. The Morgan fingerprint density at radius 1 is 1.10 bits per heavy atom. The maximum atomic E-state index is 12.5. The van der Waals surface area contributed by atoms with Crippen LogP contribution < -0.4 is 15.4 Å². The molecule has 2 N–H and O–H groups in total. The zero-order valence-electron chi connectivity index (χ0n) is 16.6. The van der Waals surface area contributed by atoms with E-state index in [0.29, 0.717) is 30.2 Å². The summed E-state index contributed by atoms with van der Waals surface area (Å²) in [6.45, 7) is 5.82. The molecule has 0 unspecified atom stereocenters. The van der Waals surface area contributed by atoms with Gasteiger partial charge in [-0.3, -0.25) is 9.59 Å². The molecule has 0 atom stereocenters. The molecule has 29 heavy (non-hydrogen) atoms. The van der Waals surface area contributed by atoms with E-state index in [1.165, 1.54) is 6.92 Å². The standard InChI is InChI=1S/C22H23N3O4/c1-14-21(15(2)29-25-14)13-28-20-9-5-7-18(11-20)22(27)23-12-17-6-4-8-19(10-17)24-16(3)26/h4-11H,12-13H2,1-3H3,(H,23,27)(H,24,26). The summed E-state index contributed by atoms with van der Waals surface area (Å²) in [5.41, 5.74) is 3.77. The van der Waals surface area contributed by atoms with E-state index < -0.39 is 0 Å². The van der Waals surface area contributed by atoms with Crippen LogP contribution in [0, 0.1) is 13.8 Å². The van der Waals surface area contributed by atoms with Crippen LogP contribution >= 0.6 is 0 Å². The minimum atomic E-state index is -0.210. The molecule has 0 aliphatic rings. The highest BCUT2D eigenvalue weighted by atomic mass is 16.5. The lowest BCUT2D eigenvalue weighted by Crippen LogP contribution is -2.22. The molecule has 0 aliphatic carbocycles. The molecule has 0 radical (unpaired) electrons. The van der Waals surface area contributed by atoms with Gasteiger partial charge in [-0.25, -0.2) is 0 Å². The highest BCUT2D eigenvalue weighted by Gasteiger charge is 2.11. The third-order valence-corrected chi connectivity index (χ3v) is 4.36. The van der Waals surface area contributed by atoms with Crippen LogP contribution in [-0.2, 0) is 17.9 Å². The van der Waals surface area contributed by atoms with Gasteiger partial charge in [0, 0.05) is 24.7 Å². The van der Waals surface area contributed by atoms with E-state index in [2.05, 4.69) is 15.8 Å². The predicted octanol–water partition coefficient (Wildman–Crippen LogP) is 3.76. The van der Waals surface area contributed by atoms with Crippen molar-refractivity contribution in [2.24, 2.45) is 0 Å². The van der Waals surface area contributed by atoms with Gasteiger partial charge >= 0.3 is 0 Å². The van der Waals surface area contributed by atoms with Crippen molar-refractivity contribution in [1.82, 2.24) is 10.5 Å². The number of ether oxygens (including phenoxy) is 1. The molecule has 1 heterocycles. The summed E-state index contributed by atoms with van der Waals surface area (Å²) in [6.07, 6.45) is 0. The number of anilines is 1. The molecule has 3 rings (SSSR count). The van der Waals surface area contributed by atoms with Gasteiger partial charge in [0.25, 0.3) is 5.91 Å². The zero-order chi connectivity index (χ0) is 20.8. The van der Waals surface area contributed by atoms with Crippen LogP contribution in [-0.4, -0.2) is 17.0 Å². The quantitative estimate of drug-likeness (QED) is 0.637. The maximum absolute atomic E-state index is 12.5. The molecule has 0 aliphatic heterocycles. The van der Waals surface area contributed by atoms with E-state index in [9.17, 15) is 9.59 Å². The molecule has 2 aromatic carbocycles. The molecule has 7 nitrogen and oxygen atoms in total. The molecule has 3 aromatic rings. The molecule has 0 saturated carbocycles. The first kappa shape index (κ1) is 20.1. The fourth-order valence-electron chi connectivity index (χ4n) is 2.84. The van der Waals surface area contributed by atoms with E-state index in [-0.39, 0.29) is 11.8 Å². The summed E-state index contributed by atoms with van der Waals surface area (Å²) in [5, 5.41) is 9.51. The second-order valence-electron chi connectivity index (χ2n) is 6.68. The van der Waals surface area contributed by atoms with Gasteiger partial charge in [0.05, 0.1) is 11.3 Å². The van der Waals surface area contributed by atoms with Crippen LogP contribution in [0.3, 0.4) is 0 Å². The van der Waals surface area contributed by atoms with Crippen LogP contribution in [0.25, 0.3) is 0 Å². The Bertz CT molecular complexity index is 1010. The van der Waals surface area contributed by atoms with Crippen LogP contribution in [0.15, 0.2) is 53.1 Å². The third-order valence-electron chi connectivity index (χ3n) is 4.36. The Kier molecular flexibility index (Phi) is 6.29. The van der Waals surface area contributed by atoms with Crippen LogP contribution in [0.2, 0.25) is 0 Å². The van der Waals surface area contributed by atoms with Gasteiger partial charge < -0.3 is 19.9 Å². The second-order valence-corrected chi connectivity index (χ2v) is 6.68. The number of carbonyl (C=O) groups is 2. The zero-order valence-corrected chi connectivity index (χ0v) is 16.6. The number of carbonyl (C=O) groups excluding carboxylic acids is 2. The summed E-state index contributed by atoms with van der Waals surface area (Å²) in [6, 6.07) is 14.3. The van der Waals surface area contributed by atoms with E-state index in [1.807, 2.05) is 32.0 Å². The summed E-state index contributed by atoms with van der Waals surface area (Å²) in [4.78, 5) is 23.7. The SMILES string of the molecule is CC(=O)Nc1cccc(CNC(=O)c2cccc(OCc3c(C)noc3C)c2)c1. The van der Waals surface area contributed by atoms with Crippen molar-refractivity contribution in [1.29, 1.82) is 0 Å². The summed E-state index contributed by atoms with van der Waals surface area (Å²) < 4.78 is 10.9. The molecule has 2 amide bonds. The predicted molar refractivity (Wildman–Crippen MR) is 109 cm³/mol. The minimum absolute atomic E-state index is 0.139. The van der Waals surface area contributed by atoms with Gasteiger partial charge in [0.2, 0.25) is 5.91 Å². The van der Waals surface area contributed by atoms with Crippen molar-refractivity contribution in [2.75, 3.05) is 5.32 Å². The van der Waals surface area contributed by atoms with E-state index in [4.69, 9.17) is 9.26 Å². The van der Waals surface area contributed by atoms with Gasteiger partial charge in [0.1, 0.15) is 18.1 Å². The normalized spacial score (nSPS) is 10.4. The number of nitrogens with zero attached hydrogens (tertiary/aromatic N) is 1. The fraction of sp³-hybridized carbons (Fsp3) is 0.227. The largest absolute Gasteiger partial charge is 0.489 e. The smallest absolute Gasteiger partial charge is 0.251 e. The van der Waals surface area contributed by atoms with E-state index in [0.717, 1.165) is 22.6 Å². The number of aromatic nitrogens is 1. The van der Waals surface area contributed by atoms with Crippen molar-refractivity contribution in [3.63, 3.8) is 0 Å². The van der Waals surface area contributed by atoms with Crippen molar-refractivity contribution < 1.29 is 18.8 Å². The van der Waals surface area contributed by atoms with Crippen molar-refractivity contribution >= 4 is 17.5 Å². The molecule has 0 fully saturated rings. The Hall–Kier alpha value is -3.61. The van der Waals surface area contributed by atoms with Crippen molar-refractivity contribution in [3.8, 4) is 5.75 Å². The molecule has 150 valence electrons. The van der Waals surface area contributed by atoms with Crippen LogP contribution in [0.4, 0.5) is 5.69 Å². The fourth-order valence-corrected chi connectivity index (χ4v) is 2.84. The first-order valence-corrected chi connectivity index (χ1v) is 9.21. The van der Waals surface area contributed by atoms with Gasteiger partial charge in [-0.1, -0.05) is 23.4 Å². The molecule has 1 aromatic heterocycles. The average Bonchev–Trinajstić information content (AvgIpc) is 3.02. The number of hydrogen-bond acceptors (Lipinski definition) is 5. The number of aryl methyl sites for hydroxylation is 2. The summed E-state index contributed by atoms with van der Waals surface area (Å²) in [5.74, 6) is 0.959. The van der Waals surface area contributed by atoms with Crippen molar-refractivity contribution in [3.05, 3.63) is 76.7 Å².